The Hall–Kier alpha value is -3.75. The standard InChI is InChI=1S/C25H28N2O7/c1-16(28)26-18-6-8-20(31-2)19(14-18)27-23(29)15-34-24(30)25(9-3-4-10-25)17-5-7-21-22(13-17)33-12-11-32-21/h5-8,13-14H,3-4,9-12,15H2,1-2H3,(H,26,28)(H,27,29). The molecule has 0 bridgehead atoms. The predicted octanol–water partition coefficient (Wildman–Crippen LogP) is 3.42. The van der Waals surface area contributed by atoms with E-state index in [0.717, 1.165) is 18.4 Å². The number of rotatable bonds is 7. The van der Waals surface area contributed by atoms with Crippen molar-refractivity contribution in [3.8, 4) is 17.2 Å². The van der Waals surface area contributed by atoms with E-state index in [1.54, 1.807) is 18.2 Å². The number of benzene rings is 2. The van der Waals surface area contributed by atoms with Crippen LogP contribution < -0.4 is 24.8 Å². The Morgan fingerprint density at radius 1 is 0.971 bits per heavy atom. The van der Waals surface area contributed by atoms with Gasteiger partial charge in [0, 0.05) is 12.6 Å². The van der Waals surface area contributed by atoms with Gasteiger partial charge in [-0.25, -0.2) is 0 Å². The van der Waals surface area contributed by atoms with Gasteiger partial charge in [-0.2, -0.15) is 0 Å². The zero-order valence-corrected chi connectivity index (χ0v) is 19.3. The maximum atomic E-state index is 13.2. The number of amides is 2. The fraction of sp³-hybridized carbons (Fsp3) is 0.400. The molecule has 9 nitrogen and oxygen atoms in total. The molecule has 1 heterocycles. The minimum Gasteiger partial charge on any atom is -0.495 e. The summed E-state index contributed by atoms with van der Waals surface area (Å²) in [7, 11) is 1.47. The van der Waals surface area contributed by atoms with Gasteiger partial charge in [0.2, 0.25) is 5.91 Å². The molecule has 2 aromatic rings. The van der Waals surface area contributed by atoms with Crippen LogP contribution in [0.5, 0.6) is 17.2 Å². The van der Waals surface area contributed by atoms with Gasteiger partial charge in [0.05, 0.1) is 18.2 Å². The highest BCUT2D eigenvalue weighted by molar-refractivity contribution is 5.96. The molecule has 180 valence electrons. The average Bonchev–Trinajstić information content (AvgIpc) is 3.33. The summed E-state index contributed by atoms with van der Waals surface area (Å²) in [6.07, 6.45) is 3.06. The summed E-state index contributed by atoms with van der Waals surface area (Å²) in [6.45, 7) is 1.90. The number of fused-ring (bicyclic) bond motifs is 1. The number of anilines is 2. The third-order valence-electron chi connectivity index (χ3n) is 6.07. The molecule has 4 rings (SSSR count). The summed E-state index contributed by atoms with van der Waals surface area (Å²) in [6, 6.07) is 10.4. The topological polar surface area (TPSA) is 112 Å². The third kappa shape index (κ3) is 4.93. The van der Waals surface area contributed by atoms with Gasteiger partial charge in [-0.1, -0.05) is 18.9 Å². The summed E-state index contributed by atoms with van der Waals surface area (Å²) < 4.78 is 22.1. The van der Waals surface area contributed by atoms with Crippen molar-refractivity contribution in [1.82, 2.24) is 0 Å². The molecule has 1 saturated carbocycles. The lowest BCUT2D eigenvalue weighted by atomic mass is 9.78. The molecule has 34 heavy (non-hydrogen) atoms. The van der Waals surface area contributed by atoms with E-state index in [2.05, 4.69) is 10.6 Å². The van der Waals surface area contributed by atoms with Crippen LogP contribution in [-0.2, 0) is 24.5 Å². The largest absolute Gasteiger partial charge is 0.495 e. The lowest BCUT2D eigenvalue weighted by molar-refractivity contribution is -0.153. The van der Waals surface area contributed by atoms with E-state index in [1.807, 2.05) is 18.2 Å². The summed E-state index contributed by atoms with van der Waals surface area (Å²) in [4.78, 5) is 37.2. The first-order chi connectivity index (χ1) is 16.4. The molecule has 0 unspecified atom stereocenters. The van der Waals surface area contributed by atoms with Crippen LogP contribution in [0, 0.1) is 0 Å². The van der Waals surface area contributed by atoms with E-state index in [0.29, 0.717) is 54.7 Å². The number of esters is 1. The molecule has 9 heteroatoms. The van der Waals surface area contributed by atoms with E-state index in [4.69, 9.17) is 18.9 Å². The van der Waals surface area contributed by atoms with Crippen molar-refractivity contribution in [3.05, 3.63) is 42.0 Å². The predicted molar refractivity (Wildman–Crippen MR) is 124 cm³/mol. The van der Waals surface area contributed by atoms with Crippen LogP contribution in [0.15, 0.2) is 36.4 Å². The second-order valence-electron chi connectivity index (χ2n) is 8.37. The molecule has 0 atom stereocenters. The number of methoxy groups -OCH3 is 1. The maximum Gasteiger partial charge on any atom is 0.317 e. The van der Waals surface area contributed by atoms with Crippen molar-refractivity contribution in [2.24, 2.45) is 0 Å². The molecule has 1 aliphatic heterocycles. The van der Waals surface area contributed by atoms with Crippen LogP contribution in [-0.4, -0.2) is 44.7 Å². The van der Waals surface area contributed by atoms with Gasteiger partial charge in [0.1, 0.15) is 19.0 Å². The number of carbonyl (C=O) groups excluding carboxylic acids is 3. The molecule has 1 fully saturated rings. The quantitative estimate of drug-likeness (QED) is 0.599. The average molecular weight is 469 g/mol. The Bertz CT molecular complexity index is 1090. The SMILES string of the molecule is COc1ccc(NC(C)=O)cc1NC(=O)COC(=O)C1(c2ccc3c(c2)OCCO3)CCCC1. The molecule has 2 N–H and O–H groups in total. The first kappa shape index (κ1) is 23.4. The second-order valence-corrected chi connectivity index (χ2v) is 8.37. The fourth-order valence-corrected chi connectivity index (χ4v) is 4.47. The van der Waals surface area contributed by atoms with Crippen molar-refractivity contribution < 1.29 is 33.3 Å². The Morgan fingerprint density at radius 2 is 1.71 bits per heavy atom. The maximum absolute atomic E-state index is 13.2. The fourth-order valence-electron chi connectivity index (χ4n) is 4.47. The molecule has 2 aliphatic rings. The number of nitrogens with one attached hydrogen (secondary N) is 2. The first-order valence-electron chi connectivity index (χ1n) is 11.2. The van der Waals surface area contributed by atoms with Gasteiger partial charge in [-0.15, -0.1) is 0 Å². The van der Waals surface area contributed by atoms with Crippen LogP contribution in [0.3, 0.4) is 0 Å². The molecule has 0 saturated heterocycles. The zero-order valence-electron chi connectivity index (χ0n) is 19.3. The Kier molecular flexibility index (Phi) is 6.90. The highest BCUT2D eigenvalue weighted by Gasteiger charge is 2.45. The summed E-state index contributed by atoms with van der Waals surface area (Å²) in [5, 5.41) is 5.34. The van der Waals surface area contributed by atoms with E-state index in [9.17, 15) is 14.4 Å². The summed E-state index contributed by atoms with van der Waals surface area (Å²) >= 11 is 0. The number of hydrogen-bond donors (Lipinski definition) is 2. The number of ether oxygens (including phenoxy) is 4. The third-order valence-corrected chi connectivity index (χ3v) is 6.07. The number of carbonyl (C=O) groups is 3. The van der Waals surface area contributed by atoms with Crippen LogP contribution in [0.1, 0.15) is 38.2 Å². The van der Waals surface area contributed by atoms with E-state index in [1.165, 1.54) is 14.0 Å². The minimum absolute atomic E-state index is 0.239. The highest BCUT2D eigenvalue weighted by atomic mass is 16.6. The van der Waals surface area contributed by atoms with Gasteiger partial charge in [0.15, 0.2) is 18.1 Å². The van der Waals surface area contributed by atoms with Crippen molar-refractivity contribution >= 4 is 29.2 Å². The van der Waals surface area contributed by atoms with Crippen molar-refractivity contribution in [2.45, 2.75) is 38.0 Å². The Labute approximate surface area is 197 Å². The smallest absolute Gasteiger partial charge is 0.317 e. The molecule has 0 radical (unpaired) electrons. The van der Waals surface area contributed by atoms with Crippen molar-refractivity contribution in [2.75, 3.05) is 37.6 Å². The highest BCUT2D eigenvalue weighted by Crippen LogP contribution is 2.45. The molecule has 0 aromatic heterocycles. The van der Waals surface area contributed by atoms with Gasteiger partial charge in [-0.05, 0) is 48.7 Å². The lowest BCUT2D eigenvalue weighted by Crippen LogP contribution is -2.36. The first-order valence-corrected chi connectivity index (χ1v) is 11.2. The minimum atomic E-state index is -0.820. The van der Waals surface area contributed by atoms with Crippen molar-refractivity contribution in [1.29, 1.82) is 0 Å². The van der Waals surface area contributed by atoms with Gasteiger partial charge in [-0.3, -0.25) is 14.4 Å². The zero-order chi connectivity index (χ0) is 24.1. The normalized spacial score (nSPS) is 15.8. The van der Waals surface area contributed by atoms with Crippen molar-refractivity contribution in [3.63, 3.8) is 0 Å². The molecular weight excluding hydrogens is 440 g/mol. The monoisotopic (exact) mass is 468 g/mol. The second kappa shape index (κ2) is 10.0. The van der Waals surface area contributed by atoms with Crippen LogP contribution in [0.2, 0.25) is 0 Å². The van der Waals surface area contributed by atoms with Gasteiger partial charge >= 0.3 is 5.97 Å². The van der Waals surface area contributed by atoms with E-state index >= 15 is 0 Å². The summed E-state index contributed by atoms with van der Waals surface area (Å²) in [5.74, 6) is 0.505. The molecular formula is C25H28N2O7. The number of hydrogen-bond acceptors (Lipinski definition) is 7. The Morgan fingerprint density at radius 3 is 2.41 bits per heavy atom. The van der Waals surface area contributed by atoms with E-state index in [-0.39, 0.29) is 5.91 Å². The van der Waals surface area contributed by atoms with Crippen LogP contribution in [0.25, 0.3) is 0 Å². The lowest BCUT2D eigenvalue weighted by Gasteiger charge is -2.28. The van der Waals surface area contributed by atoms with Crippen LogP contribution >= 0.6 is 0 Å². The van der Waals surface area contributed by atoms with Crippen LogP contribution in [0.4, 0.5) is 11.4 Å². The molecule has 2 amide bonds. The molecule has 0 spiro atoms. The van der Waals surface area contributed by atoms with Gasteiger partial charge in [0.25, 0.3) is 5.91 Å². The Balaban J connectivity index is 1.45. The van der Waals surface area contributed by atoms with Gasteiger partial charge < -0.3 is 29.6 Å². The van der Waals surface area contributed by atoms with E-state index < -0.39 is 23.9 Å². The summed E-state index contributed by atoms with van der Waals surface area (Å²) in [5.41, 5.74) is 0.852. The molecule has 2 aromatic carbocycles. The molecule has 1 aliphatic carbocycles.